The van der Waals surface area contributed by atoms with Crippen LogP contribution in [0.3, 0.4) is 0 Å². The number of methoxy groups -OCH3 is 1. The molecule has 0 aromatic carbocycles. The summed E-state index contributed by atoms with van der Waals surface area (Å²) >= 11 is 2.02. The summed E-state index contributed by atoms with van der Waals surface area (Å²) in [7, 11) is 1.48. The zero-order chi connectivity index (χ0) is 11.4. The fraction of sp³-hybridized carbons (Fsp3) is 0.769. The number of rotatable bonds is 5. The van der Waals surface area contributed by atoms with Crippen LogP contribution in [0, 0.1) is 5.41 Å². The van der Waals surface area contributed by atoms with Crippen molar-refractivity contribution in [1.29, 1.82) is 0 Å². The lowest BCUT2D eigenvalue weighted by molar-refractivity contribution is -0.141. The molecule has 1 atom stereocenters. The maximum atomic E-state index is 11.3. The van der Waals surface area contributed by atoms with Crippen LogP contribution < -0.4 is 0 Å². The van der Waals surface area contributed by atoms with Crippen LogP contribution in [-0.4, -0.2) is 24.1 Å². The largest absolute Gasteiger partial charge is 0.469 e. The Balaban J connectivity index is 1.74. The topological polar surface area (TPSA) is 26.3 Å². The summed E-state index contributed by atoms with van der Waals surface area (Å²) in [4.78, 5) is 11.3. The van der Waals surface area contributed by atoms with Crippen LogP contribution >= 0.6 is 11.8 Å². The Kier molecular flexibility index (Phi) is 3.95. The van der Waals surface area contributed by atoms with Gasteiger partial charge in [0.2, 0.25) is 0 Å². The standard InChI is InChI=1S/C13H20O2S/c1-15-12(14)9-13(7-8-13)10-16-11-5-3-2-4-6-11/h3,5,11H,2,4,6-10H2,1H3. The van der Waals surface area contributed by atoms with Gasteiger partial charge in [-0.3, -0.25) is 4.79 Å². The predicted molar refractivity (Wildman–Crippen MR) is 67.5 cm³/mol. The van der Waals surface area contributed by atoms with Crippen LogP contribution in [-0.2, 0) is 9.53 Å². The normalized spacial score (nSPS) is 26.4. The van der Waals surface area contributed by atoms with Crippen LogP contribution in [0.1, 0.15) is 38.5 Å². The highest BCUT2D eigenvalue weighted by molar-refractivity contribution is 8.00. The Labute approximate surface area is 102 Å². The lowest BCUT2D eigenvalue weighted by Gasteiger charge is -2.19. The maximum absolute atomic E-state index is 11.3. The molecule has 0 amide bonds. The van der Waals surface area contributed by atoms with Crippen molar-refractivity contribution in [1.82, 2.24) is 0 Å². The summed E-state index contributed by atoms with van der Waals surface area (Å²) in [6.07, 6.45) is 11.5. The molecule has 1 fully saturated rings. The number of allylic oxidation sites excluding steroid dienone is 1. The summed E-state index contributed by atoms with van der Waals surface area (Å²) in [5, 5.41) is 0.684. The van der Waals surface area contributed by atoms with Gasteiger partial charge in [-0.2, -0.15) is 11.8 Å². The molecule has 16 heavy (non-hydrogen) atoms. The van der Waals surface area contributed by atoms with E-state index in [1.54, 1.807) is 0 Å². The highest BCUT2D eigenvalue weighted by Crippen LogP contribution is 2.52. The predicted octanol–water partition coefficient (Wildman–Crippen LogP) is 3.17. The summed E-state index contributed by atoms with van der Waals surface area (Å²) in [5.41, 5.74) is 0.281. The van der Waals surface area contributed by atoms with Gasteiger partial charge >= 0.3 is 5.97 Å². The van der Waals surface area contributed by atoms with Gasteiger partial charge in [0.05, 0.1) is 13.5 Å². The molecule has 0 saturated heterocycles. The van der Waals surface area contributed by atoms with E-state index in [2.05, 4.69) is 12.2 Å². The van der Waals surface area contributed by atoms with Gasteiger partial charge < -0.3 is 4.74 Å². The van der Waals surface area contributed by atoms with Crippen LogP contribution in [0.4, 0.5) is 0 Å². The molecule has 0 aliphatic heterocycles. The third-order valence-electron chi connectivity index (χ3n) is 3.52. The number of hydrogen-bond acceptors (Lipinski definition) is 3. The molecule has 2 aliphatic rings. The van der Waals surface area contributed by atoms with E-state index >= 15 is 0 Å². The molecule has 0 bridgehead atoms. The van der Waals surface area contributed by atoms with Gasteiger partial charge in [-0.25, -0.2) is 0 Å². The molecule has 1 unspecified atom stereocenters. The van der Waals surface area contributed by atoms with Crippen molar-refractivity contribution in [2.45, 2.75) is 43.8 Å². The van der Waals surface area contributed by atoms with Gasteiger partial charge in [0.1, 0.15) is 0 Å². The monoisotopic (exact) mass is 240 g/mol. The summed E-state index contributed by atoms with van der Waals surface area (Å²) in [6.45, 7) is 0. The molecule has 2 nitrogen and oxygen atoms in total. The van der Waals surface area contributed by atoms with Gasteiger partial charge in [0.25, 0.3) is 0 Å². The van der Waals surface area contributed by atoms with Gasteiger partial charge in [-0.1, -0.05) is 12.2 Å². The van der Waals surface area contributed by atoms with Gasteiger partial charge in [-0.15, -0.1) is 0 Å². The number of carbonyl (C=O) groups excluding carboxylic acids is 1. The second-order valence-electron chi connectivity index (χ2n) is 4.96. The van der Waals surface area contributed by atoms with E-state index < -0.39 is 0 Å². The van der Waals surface area contributed by atoms with E-state index in [4.69, 9.17) is 4.74 Å². The quantitative estimate of drug-likeness (QED) is 0.545. The van der Waals surface area contributed by atoms with E-state index in [1.165, 1.54) is 39.2 Å². The molecule has 0 aromatic heterocycles. The minimum atomic E-state index is -0.0442. The first-order valence-electron chi connectivity index (χ1n) is 6.09. The van der Waals surface area contributed by atoms with Gasteiger partial charge in [-0.05, 0) is 37.5 Å². The molecule has 0 heterocycles. The number of carbonyl (C=O) groups is 1. The zero-order valence-corrected chi connectivity index (χ0v) is 10.7. The van der Waals surface area contributed by atoms with E-state index in [-0.39, 0.29) is 11.4 Å². The van der Waals surface area contributed by atoms with Crippen LogP contribution in [0.2, 0.25) is 0 Å². The Bertz CT molecular complexity index is 282. The summed E-state index contributed by atoms with van der Waals surface area (Å²) in [5.74, 6) is 1.08. The second-order valence-corrected chi connectivity index (χ2v) is 6.19. The Hall–Kier alpha value is -0.440. The molecule has 2 rings (SSSR count). The average Bonchev–Trinajstić information content (AvgIpc) is 3.08. The molecular weight excluding hydrogens is 220 g/mol. The minimum Gasteiger partial charge on any atom is -0.469 e. The van der Waals surface area contributed by atoms with Crippen molar-refractivity contribution in [3.8, 4) is 0 Å². The first kappa shape index (κ1) is 12.0. The maximum Gasteiger partial charge on any atom is 0.306 e. The van der Waals surface area contributed by atoms with Crippen LogP contribution in [0.15, 0.2) is 12.2 Å². The zero-order valence-electron chi connectivity index (χ0n) is 9.91. The van der Waals surface area contributed by atoms with Crippen LogP contribution in [0.5, 0.6) is 0 Å². The first-order valence-corrected chi connectivity index (χ1v) is 7.14. The highest BCUT2D eigenvalue weighted by atomic mass is 32.2. The molecule has 3 heteroatoms. The third-order valence-corrected chi connectivity index (χ3v) is 5.12. The molecule has 0 N–H and O–H groups in total. The lowest BCUT2D eigenvalue weighted by Crippen LogP contribution is -2.15. The highest BCUT2D eigenvalue weighted by Gasteiger charge is 2.44. The first-order chi connectivity index (χ1) is 7.74. The van der Waals surface area contributed by atoms with Crippen molar-refractivity contribution in [3.05, 3.63) is 12.2 Å². The minimum absolute atomic E-state index is 0.0442. The number of ether oxygens (including phenoxy) is 1. The number of thioether (sulfide) groups is 1. The van der Waals surface area contributed by atoms with Gasteiger partial charge in [0, 0.05) is 11.0 Å². The molecule has 2 aliphatic carbocycles. The van der Waals surface area contributed by atoms with Crippen molar-refractivity contribution in [3.63, 3.8) is 0 Å². The molecule has 0 spiro atoms. The Morgan fingerprint density at radius 1 is 1.56 bits per heavy atom. The lowest BCUT2D eigenvalue weighted by atomic mass is 10.1. The summed E-state index contributed by atoms with van der Waals surface area (Å²) < 4.78 is 4.76. The number of hydrogen-bond donors (Lipinski definition) is 0. The van der Waals surface area contributed by atoms with Crippen molar-refractivity contribution in [2.75, 3.05) is 12.9 Å². The summed E-state index contributed by atoms with van der Waals surface area (Å²) in [6, 6.07) is 0. The van der Waals surface area contributed by atoms with Crippen molar-refractivity contribution in [2.24, 2.45) is 5.41 Å². The molecular formula is C13H20O2S. The second kappa shape index (κ2) is 5.26. The molecule has 1 saturated carbocycles. The van der Waals surface area contributed by atoms with Crippen LogP contribution in [0.25, 0.3) is 0 Å². The third kappa shape index (κ3) is 3.27. The van der Waals surface area contributed by atoms with E-state index in [0.29, 0.717) is 11.7 Å². The molecule has 0 aromatic rings. The van der Waals surface area contributed by atoms with Gasteiger partial charge in [0.15, 0.2) is 0 Å². The SMILES string of the molecule is COC(=O)CC1(CSC2C=CCCC2)CC1. The van der Waals surface area contributed by atoms with E-state index in [0.717, 1.165) is 5.75 Å². The average molecular weight is 240 g/mol. The Morgan fingerprint density at radius 3 is 2.94 bits per heavy atom. The van der Waals surface area contributed by atoms with E-state index in [9.17, 15) is 4.79 Å². The smallest absolute Gasteiger partial charge is 0.306 e. The molecule has 90 valence electrons. The van der Waals surface area contributed by atoms with Crippen molar-refractivity contribution < 1.29 is 9.53 Å². The Morgan fingerprint density at radius 2 is 2.38 bits per heavy atom. The number of esters is 1. The van der Waals surface area contributed by atoms with Crippen molar-refractivity contribution >= 4 is 17.7 Å². The molecule has 0 radical (unpaired) electrons. The van der Waals surface area contributed by atoms with E-state index in [1.807, 2.05) is 11.8 Å². The fourth-order valence-corrected chi connectivity index (χ4v) is 3.65. The fourth-order valence-electron chi connectivity index (χ4n) is 2.13.